The second-order valence-electron chi connectivity index (χ2n) is 10.4. The lowest BCUT2D eigenvalue weighted by Crippen LogP contribution is -2.46. The lowest BCUT2D eigenvalue weighted by Gasteiger charge is -2.30. The summed E-state index contributed by atoms with van der Waals surface area (Å²) in [6.45, 7) is 6.71. The topological polar surface area (TPSA) is 105 Å². The molecule has 4 aromatic carbocycles. The second-order valence-corrected chi connectivity index (χ2v) is 11.9. The molecule has 0 aliphatic rings. The Balaban J connectivity index is 1.33. The van der Waals surface area contributed by atoms with Crippen molar-refractivity contribution in [2.45, 2.75) is 44.9 Å². The van der Waals surface area contributed by atoms with Crippen molar-refractivity contribution >= 4 is 23.7 Å². The van der Waals surface area contributed by atoms with Crippen LogP contribution in [0.4, 0.5) is 0 Å². The molecular weight excluding hydrogens is 497 g/mol. The van der Waals surface area contributed by atoms with Crippen LogP contribution in [0.1, 0.15) is 38.0 Å². The third kappa shape index (κ3) is 7.39. The van der Waals surface area contributed by atoms with Gasteiger partial charge in [0.25, 0.3) is 0 Å². The molecule has 200 valence electrons. The fraction of sp³-hybridized carbons (Fsp3) is 0.290. The van der Waals surface area contributed by atoms with Crippen molar-refractivity contribution < 1.29 is 24.2 Å². The van der Waals surface area contributed by atoms with Crippen molar-refractivity contribution in [3.63, 3.8) is 0 Å². The summed E-state index contributed by atoms with van der Waals surface area (Å²) in [7, 11) is -4.79. The van der Waals surface area contributed by atoms with E-state index in [9.17, 15) is 19.5 Å². The highest BCUT2D eigenvalue weighted by Crippen LogP contribution is 2.31. The van der Waals surface area contributed by atoms with E-state index in [1.165, 1.54) is 28.5 Å². The van der Waals surface area contributed by atoms with E-state index in [1.54, 1.807) is 12.1 Å². The van der Waals surface area contributed by atoms with Gasteiger partial charge in [-0.25, -0.2) is 0 Å². The van der Waals surface area contributed by atoms with Crippen LogP contribution in [0.5, 0.6) is 0 Å². The molecular formula is C31H34NO5P-2. The first-order valence-corrected chi connectivity index (χ1v) is 14.3. The largest absolute Gasteiger partial charge is 0.807 e. The van der Waals surface area contributed by atoms with Gasteiger partial charge in [0.2, 0.25) is 0 Å². The summed E-state index contributed by atoms with van der Waals surface area (Å²) in [6.07, 6.45) is -0.179. The van der Waals surface area contributed by atoms with Gasteiger partial charge >= 0.3 is 0 Å². The predicted molar refractivity (Wildman–Crippen MR) is 149 cm³/mol. The number of aliphatic hydroxyl groups excluding tert-OH is 1. The quantitative estimate of drug-likeness (QED) is 0.283. The van der Waals surface area contributed by atoms with Crippen LogP contribution in [0, 0.1) is 0 Å². The van der Waals surface area contributed by atoms with Gasteiger partial charge in [-0.05, 0) is 73.1 Å². The van der Waals surface area contributed by atoms with E-state index in [2.05, 4.69) is 49.5 Å². The van der Waals surface area contributed by atoms with E-state index in [0.29, 0.717) is 6.54 Å². The average molecular weight is 532 g/mol. The Morgan fingerprint density at radius 3 is 2.29 bits per heavy atom. The molecule has 0 heterocycles. The second kappa shape index (κ2) is 11.9. The third-order valence-corrected chi connectivity index (χ3v) is 7.64. The van der Waals surface area contributed by atoms with Crippen LogP contribution >= 0.6 is 7.60 Å². The fourth-order valence-corrected chi connectivity index (χ4v) is 5.17. The number of β-amino-alcohol motifs (C(OH)–C–C–N with tert-alkyl or cyclic N) is 1. The maximum absolute atomic E-state index is 11.3. The third-order valence-electron chi connectivity index (χ3n) is 6.71. The number of ether oxygens (including phenoxy) is 1. The predicted octanol–water partition coefficient (Wildman–Crippen LogP) is 4.10. The smallest absolute Gasteiger partial charge is 0.0898 e. The maximum Gasteiger partial charge on any atom is 0.0898 e. The summed E-state index contributed by atoms with van der Waals surface area (Å²) in [6, 6.07) is 28.4. The fourth-order valence-electron chi connectivity index (χ4n) is 4.66. The normalized spacial score (nSPS) is 13.9. The van der Waals surface area contributed by atoms with Crippen LogP contribution < -0.4 is 20.4 Å². The summed E-state index contributed by atoms with van der Waals surface area (Å²) in [5.74, 6) is 0. The highest BCUT2D eigenvalue weighted by molar-refractivity contribution is 7.57. The van der Waals surface area contributed by atoms with Gasteiger partial charge in [-0.2, -0.15) is 0 Å². The highest BCUT2D eigenvalue weighted by Gasteiger charge is 2.20. The van der Waals surface area contributed by atoms with Gasteiger partial charge in [-0.3, -0.25) is 0 Å². The molecule has 0 saturated heterocycles. The van der Waals surface area contributed by atoms with E-state index in [-0.39, 0.29) is 23.6 Å². The van der Waals surface area contributed by atoms with Gasteiger partial charge in [0.15, 0.2) is 0 Å². The van der Waals surface area contributed by atoms with Crippen LogP contribution in [0.25, 0.3) is 21.9 Å². The summed E-state index contributed by atoms with van der Waals surface area (Å²) < 4.78 is 17.3. The minimum absolute atomic E-state index is 0.156. The van der Waals surface area contributed by atoms with Gasteiger partial charge in [-0.15, -0.1) is 0 Å². The first-order chi connectivity index (χ1) is 18.0. The molecule has 0 radical (unpaired) electrons. The van der Waals surface area contributed by atoms with Crippen molar-refractivity contribution in [2.75, 3.05) is 13.2 Å². The lowest BCUT2D eigenvalue weighted by atomic mass is 9.93. The van der Waals surface area contributed by atoms with Crippen LogP contribution in [-0.2, 0) is 15.7 Å². The number of nitrogens with one attached hydrogen (secondary N) is 1. The van der Waals surface area contributed by atoms with E-state index in [1.807, 2.05) is 43.3 Å². The number of hydrogen-bond acceptors (Lipinski definition) is 6. The number of benzene rings is 4. The summed E-state index contributed by atoms with van der Waals surface area (Å²) >= 11 is 0. The van der Waals surface area contributed by atoms with Gasteiger partial charge in [0.05, 0.1) is 18.8 Å². The standard InChI is InChI=1S/C31H36NO5P/c1-22(29-10-6-7-11-30(29)25-14-16-28(17-15-25)38(34,35)36)37-21-27(33)20-32-31(2,3)19-23-12-13-24-8-4-5-9-26(24)18-23/h4-18,22,27,32-33H,19-21H2,1-3H3,(H2,34,35,36)/p-2/t22-,27-/m1/s1. The Morgan fingerprint density at radius 2 is 1.58 bits per heavy atom. The highest BCUT2D eigenvalue weighted by atomic mass is 31.2. The lowest BCUT2D eigenvalue weighted by molar-refractivity contribution is -0.307. The first kappa shape index (κ1) is 28.2. The molecule has 0 aliphatic heterocycles. The molecule has 0 unspecified atom stereocenters. The van der Waals surface area contributed by atoms with Gasteiger partial charge in [0, 0.05) is 12.1 Å². The van der Waals surface area contributed by atoms with E-state index in [4.69, 9.17) is 4.74 Å². The maximum atomic E-state index is 11.3. The molecule has 4 rings (SSSR count). The van der Waals surface area contributed by atoms with E-state index < -0.39 is 13.7 Å². The summed E-state index contributed by atoms with van der Waals surface area (Å²) in [5.41, 5.74) is 3.59. The Bertz CT molecular complexity index is 1410. The summed E-state index contributed by atoms with van der Waals surface area (Å²) in [5, 5.41) is 16.3. The Hall–Kier alpha value is -2.83. The molecule has 4 aromatic rings. The molecule has 0 aromatic heterocycles. The van der Waals surface area contributed by atoms with Crippen molar-refractivity contribution in [1.82, 2.24) is 5.32 Å². The molecule has 0 spiro atoms. The van der Waals surface area contributed by atoms with E-state index in [0.717, 1.165) is 23.1 Å². The van der Waals surface area contributed by atoms with Crippen LogP contribution in [-0.4, -0.2) is 29.9 Å². The average Bonchev–Trinajstić information content (AvgIpc) is 2.90. The van der Waals surface area contributed by atoms with E-state index >= 15 is 0 Å². The van der Waals surface area contributed by atoms with Crippen LogP contribution in [0.15, 0.2) is 91.0 Å². The molecule has 0 aliphatic carbocycles. The molecule has 0 amide bonds. The van der Waals surface area contributed by atoms with Crippen LogP contribution in [0.3, 0.4) is 0 Å². The zero-order valence-corrected chi connectivity index (χ0v) is 22.9. The molecule has 6 nitrogen and oxygen atoms in total. The zero-order chi connectivity index (χ0) is 27.3. The van der Waals surface area contributed by atoms with Crippen molar-refractivity contribution in [2.24, 2.45) is 0 Å². The van der Waals surface area contributed by atoms with Gasteiger partial charge < -0.3 is 29.5 Å². The first-order valence-electron chi connectivity index (χ1n) is 12.8. The van der Waals surface area contributed by atoms with Crippen molar-refractivity contribution in [1.29, 1.82) is 0 Å². The minimum atomic E-state index is -4.79. The Labute approximate surface area is 224 Å². The number of rotatable bonds is 11. The Kier molecular flexibility index (Phi) is 8.84. The SMILES string of the molecule is C[C@@H](OC[C@H](O)CNC(C)(C)Cc1ccc2ccccc2c1)c1ccccc1-c1ccc(P(=O)([O-])[O-])cc1. The van der Waals surface area contributed by atoms with Crippen molar-refractivity contribution in [3.8, 4) is 11.1 Å². The molecule has 2 N–H and O–H groups in total. The molecule has 0 fully saturated rings. The monoisotopic (exact) mass is 531 g/mol. The minimum Gasteiger partial charge on any atom is -0.807 e. The molecule has 7 heteroatoms. The van der Waals surface area contributed by atoms with Gasteiger partial charge in [-0.1, -0.05) is 91.0 Å². The molecule has 0 bridgehead atoms. The number of hydrogen-bond donors (Lipinski definition) is 2. The zero-order valence-electron chi connectivity index (χ0n) is 22.0. The van der Waals surface area contributed by atoms with Crippen molar-refractivity contribution in [3.05, 3.63) is 102 Å². The number of aliphatic hydroxyl groups is 1. The Morgan fingerprint density at radius 1 is 0.921 bits per heavy atom. The molecule has 2 atom stereocenters. The van der Waals surface area contributed by atoms with Crippen LogP contribution in [0.2, 0.25) is 0 Å². The molecule has 0 saturated carbocycles. The number of fused-ring (bicyclic) bond motifs is 1. The summed E-state index contributed by atoms with van der Waals surface area (Å²) in [4.78, 5) is 22.6. The van der Waals surface area contributed by atoms with Gasteiger partial charge in [0.1, 0.15) is 0 Å². The molecule has 38 heavy (non-hydrogen) atoms.